The minimum Gasteiger partial charge on any atom is -0.378 e. The Hall–Kier alpha value is -0.0800. The molecule has 0 aromatic rings. The van der Waals surface area contributed by atoms with Gasteiger partial charge < -0.3 is 9.47 Å². The van der Waals surface area contributed by atoms with Crippen molar-refractivity contribution < 1.29 is 9.47 Å². The van der Waals surface area contributed by atoms with Gasteiger partial charge in [-0.2, -0.15) is 0 Å². The maximum atomic E-state index is 5.79. The zero-order chi connectivity index (χ0) is 10.2. The first kappa shape index (κ1) is 10.4. The third-order valence-electron chi connectivity index (χ3n) is 3.76. The van der Waals surface area contributed by atoms with Crippen molar-refractivity contribution in [3.05, 3.63) is 0 Å². The number of hydrogen-bond acceptors (Lipinski definition) is 2. The van der Waals surface area contributed by atoms with E-state index in [0.717, 1.165) is 18.9 Å². The van der Waals surface area contributed by atoms with Crippen LogP contribution < -0.4 is 0 Å². The Balaban J connectivity index is 1.71. The summed E-state index contributed by atoms with van der Waals surface area (Å²) >= 11 is 0. The lowest BCUT2D eigenvalue weighted by Gasteiger charge is -2.24. The molecular weight excluding hydrogens is 176 g/mol. The first-order valence-electron chi connectivity index (χ1n) is 5.93. The summed E-state index contributed by atoms with van der Waals surface area (Å²) < 4.78 is 11.5. The van der Waals surface area contributed by atoms with Crippen LogP contribution in [0.2, 0.25) is 0 Å². The molecule has 0 N–H and O–H groups in total. The highest BCUT2D eigenvalue weighted by atomic mass is 16.6. The van der Waals surface area contributed by atoms with Gasteiger partial charge in [-0.05, 0) is 45.4 Å². The summed E-state index contributed by atoms with van der Waals surface area (Å²) in [5.41, 5.74) is 0.224. The third kappa shape index (κ3) is 2.12. The molecule has 1 heterocycles. The van der Waals surface area contributed by atoms with Crippen molar-refractivity contribution in [3.8, 4) is 0 Å². The molecule has 1 aliphatic carbocycles. The van der Waals surface area contributed by atoms with Crippen molar-refractivity contribution in [1.29, 1.82) is 0 Å². The molecule has 14 heavy (non-hydrogen) atoms. The molecular formula is C12H22O2. The average molecular weight is 198 g/mol. The van der Waals surface area contributed by atoms with Crippen molar-refractivity contribution in [3.63, 3.8) is 0 Å². The van der Waals surface area contributed by atoms with Crippen molar-refractivity contribution in [2.45, 2.75) is 64.3 Å². The molecule has 0 radical (unpaired) electrons. The molecule has 0 aromatic carbocycles. The molecule has 2 aliphatic rings. The van der Waals surface area contributed by atoms with Gasteiger partial charge in [0.25, 0.3) is 0 Å². The minimum absolute atomic E-state index is 0.224. The normalized spacial score (nSPS) is 43.1. The van der Waals surface area contributed by atoms with E-state index in [4.69, 9.17) is 9.47 Å². The molecule has 2 heteroatoms. The van der Waals surface area contributed by atoms with E-state index < -0.39 is 0 Å². The number of epoxide rings is 1. The summed E-state index contributed by atoms with van der Waals surface area (Å²) in [6.45, 7) is 7.50. The SMILES string of the molecule is CCC(C)OCC1CCC2OC2(C)C1. The number of hydrogen-bond donors (Lipinski definition) is 0. The van der Waals surface area contributed by atoms with E-state index in [9.17, 15) is 0 Å². The second-order valence-corrected chi connectivity index (χ2v) is 5.12. The van der Waals surface area contributed by atoms with Crippen LogP contribution in [0.15, 0.2) is 0 Å². The van der Waals surface area contributed by atoms with E-state index in [1.54, 1.807) is 0 Å². The van der Waals surface area contributed by atoms with Crippen LogP contribution in [0.5, 0.6) is 0 Å². The Kier molecular flexibility index (Phi) is 2.85. The topological polar surface area (TPSA) is 21.8 Å². The lowest BCUT2D eigenvalue weighted by atomic mass is 9.83. The van der Waals surface area contributed by atoms with E-state index in [1.807, 2.05) is 0 Å². The summed E-state index contributed by atoms with van der Waals surface area (Å²) in [6, 6.07) is 0. The summed E-state index contributed by atoms with van der Waals surface area (Å²) in [5.74, 6) is 0.729. The second kappa shape index (κ2) is 3.82. The highest BCUT2D eigenvalue weighted by molar-refractivity contribution is 5.03. The van der Waals surface area contributed by atoms with Crippen LogP contribution in [0.3, 0.4) is 0 Å². The number of rotatable bonds is 4. The Morgan fingerprint density at radius 1 is 1.50 bits per heavy atom. The van der Waals surface area contributed by atoms with Gasteiger partial charge >= 0.3 is 0 Å². The van der Waals surface area contributed by atoms with Gasteiger partial charge in [-0.3, -0.25) is 0 Å². The maximum Gasteiger partial charge on any atom is 0.0923 e. The third-order valence-corrected chi connectivity index (χ3v) is 3.76. The van der Waals surface area contributed by atoms with Crippen molar-refractivity contribution in [1.82, 2.24) is 0 Å². The highest BCUT2D eigenvalue weighted by Gasteiger charge is 2.55. The predicted molar refractivity (Wildman–Crippen MR) is 56.3 cm³/mol. The Morgan fingerprint density at radius 2 is 2.29 bits per heavy atom. The minimum atomic E-state index is 0.224. The molecule has 2 nitrogen and oxygen atoms in total. The molecule has 4 unspecified atom stereocenters. The van der Waals surface area contributed by atoms with Crippen molar-refractivity contribution in [2.75, 3.05) is 6.61 Å². The zero-order valence-corrected chi connectivity index (χ0v) is 9.58. The summed E-state index contributed by atoms with van der Waals surface area (Å²) in [5, 5.41) is 0. The highest BCUT2D eigenvalue weighted by Crippen LogP contribution is 2.49. The number of ether oxygens (including phenoxy) is 2. The molecule has 4 atom stereocenters. The van der Waals surface area contributed by atoms with Gasteiger partial charge in [-0.15, -0.1) is 0 Å². The zero-order valence-electron chi connectivity index (χ0n) is 9.58. The van der Waals surface area contributed by atoms with E-state index in [0.29, 0.717) is 12.2 Å². The van der Waals surface area contributed by atoms with E-state index in [2.05, 4.69) is 20.8 Å². The molecule has 1 saturated heterocycles. The van der Waals surface area contributed by atoms with Crippen LogP contribution in [-0.2, 0) is 9.47 Å². The Morgan fingerprint density at radius 3 is 2.93 bits per heavy atom. The van der Waals surface area contributed by atoms with Gasteiger partial charge in [-0.1, -0.05) is 6.92 Å². The van der Waals surface area contributed by atoms with E-state index >= 15 is 0 Å². The first-order valence-corrected chi connectivity index (χ1v) is 5.93. The van der Waals surface area contributed by atoms with Crippen LogP contribution >= 0.6 is 0 Å². The molecule has 82 valence electrons. The fourth-order valence-electron chi connectivity index (χ4n) is 2.46. The molecule has 1 aliphatic heterocycles. The van der Waals surface area contributed by atoms with Crippen molar-refractivity contribution in [2.24, 2.45) is 5.92 Å². The average Bonchev–Trinajstić information content (AvgIpc) is 2.84. The largest absolute Gasteiger partial charge is 0.378 e. The van der Waals surface area contributed by atoms with Crippen LogP contribution in [-0.4, -0.2) is 24.4 Å². The Labute approximate surface area is 87.0 Å². The standard InChI is InChI=1S/C12H22O2/c1-4-9(2)13-8-10-5-6-11-12(3,7-10)14-11/h9-11H,4-8H2,1-3H3. The maximum absolute atomic E-state index is 5.79. The summed E-state index contributed by atoms with van der Waals surface area (Å²) in [6.07, 6.45) is 5.84. The lowest BCUT2D eigenvalue weighted by Crippen LogP contribution is -2.26. The summed E-state index contributed by atoms with van der Waals surface area (Å²) in [7, 11) is 0. The molecule has 0 bridgehead atoms. The van der Waals surface area contributed by atoms with E-state index in [-0.39, 0.29) is 5.60 Å². The fourth-order valence-corrected chi connectivity index (χ4v) is 2.46. The second-order valence-electron chi connectivity index (χ2n) is 5.12. The van der Waals surface area contributed by atoms with Crippen LogP contribution in [0.4, 0.5) is 0 Å². The smallest absolute Gasteiger partial charge is 0.0923 e. The molecule has 1 saturated carbocycles. The molecule has 0 spiro atoms. The lowest BCUT2D eigenvalue weighted by molar-refractivity contribution is 0.0271. The quantitative estimate of drug-likeness (QED) is 0.648. The fraction of sp³-hybridized carbons (Fsp3) is 1.00. The predicted octanol–water partition coefficient (Wildman–Crippen LogP) is 2.76. The van der Waals surface area contributed by atoms with Gasteiger partial charge in [0.2, 0.25) is 0 Å². The summed E-state index contributed by atoms with van der Waals surface area (Å²) in [4.78, 5) is 0. The first-order chi connectivity index (χ1) is 6.64. The van der Waals surface area contributed by atoms with Crippen LogP contribution in [0.1, 0.15) is 46.5 Å². The van der Waals surface area contributed by atoms with Crippen LogP contribution in [0, 0.1) is 5.92 Å². The molecule has 2 rings (SSSR count). The van der Waals surface area contributed by atoms with Gasteiger partial charge in [0.1, 0.15) is 0 Å². The Bertz CT molecular complexity index is 204. The van der Waals surface area contributed by atoms with Crippen LogP contribution in [0.25, 0.3) is 0 Å². The van der Waals surface area contributed by atoms with Gasteiger partial charge in [-0.25, -0.2) is 0 Å². The monoisotopic (exact) mass is 198 g/mol. The van der Waals surface area contributed by atoms with Gasteiger partial charge in [0.15, 0.2) is 0 Å². The molecule has 0 amide bonds. The molecule has 0 aromatic heterocycles. The van der Waals surface area contributed by atoms with E-state index in [1.165, 1.54) is 19.3 Å². The van der Waals surface area contributed by atoms with Gasteiger partial charge in [0.05, 0.1) is 17.8 Å². The van der Waals surface area contributed by atoms with Crippen molar-refractivity contribution >= 4 is 0 Å². The van der Waals surface area contributed by atoms with Gasteiger partial charge in [0, 0.05) is 6.61 Å². The molecule has 2 fully saturated rings. The number of fused-ring (bicyclic) bond motifs is 1.